The highest BCUT2D eigenvalue weighted by atomic mass is 35.5. The van der Waals surface area contributed by atoms with Crippen LogP contribution in [0.25, 0.3) is 0 Å². The van der Waals surface area contributed by atoms with E-state index >= 15 is 0 Å². The fraction of sp³-hybridized carbons (Fsp3) is 0.833. The number of carbonyl (C=O) groups excluding carboxylic acids is 1. The Balaban J connectivity index is 0. The first kappa shape index (κ1) is 12.4. The molecule has 0 spiro atoms. The SMILES string of the molecule is COC(=O)CC[C@H](C)N.Cl. The van der Waals surface area contributed by atoms with E-state index in [-0.39, 0.29) is 24.4 Å². The predicted octanol–water partition coefficient (Wildman–Crippen LogP) is 0.709. The number of esters is 1. The number of carbonyl (C=O) groups is 1. The number of nitrogens with two attached hydrogens (primary N) is 1. The fourth-order valence-corrected chi connectivity index (χ4v) is 0.448. The first-order chi connectivity index (χ1) is 4.16. The molecule has 2 N–H and O–H groups in total. The lowest BCUT2D eigenvalue weighted by atomic mass is 10.2. The molecule has 0 saturated carbocycles. The van der Waals surface area contributed by atoms with Crippen molar-refractivity contribution >= 4 is 18.4 Å². The van der Waals surface area contributed by atoms with E-state index in [2.05, 4.69) is 4.74 Å². The molecule has 0 bridgehead atoms. The lowest BCUT2D eigenvalue weighted by Crippen LogP contribution is -2.16. The van der Waals surface area contributed by atoms with Crippen molar-refractivity contribution in [3.63, 3.8) is 0 Å². The third-order valence-corrected chi connectivity index (χ3v) is 1.03. The molecule has 0 unspecified atom stereocenters. The van der Waals surface area contributed by atoms with E-state index in [0.29, 0.717) is 12.8 Å². The smallest absolute Gasteiger partial charge is 0.305 e. The Bertz CT molecular complexity index is 95.7. The van der Waals surface area contributed by atoms with E-state index in [1.54, 1.807) is 0 Å². The molecule has 0 aliphatic rings. The minimum Gasteiger partial charge on any atom is -0.469 e. The van der Waals surface area contributed by atoms with Crippen LogP contribution in [0.5, 0.6) is 0 Å². The van der Waals surface area contributed by atoms with Gasteiger partial charge in [-0.15, -0.1) is 12.4 Å². The maximum absolute atomic E-state index is 10.4. The average Bonchev–Trinajstić information content (AvgIpc) is 1.83. The van der Waals surface area contributed by atoms with Crippen LogP contribution >= 0.6 is 12.4 Å². The molecule has 3 nitrogen and oxygen atoms in total. The highest BCUT2D eigenvalue weighted by molar-refractivity contribution is 5.85. The van der Waals surface area contributed by atoms with Gasteiger partial charge in [0.05, 0.1) is 7.11 Å². The summed E-state index contributed by atoms with van der Waals surface area (Å²) in [6.07, 6.45) is 1.13. The minimum atomic E-state index is -0.188. The van der Waals surface area contributed by atoms with Gasteiger partial charge in [0.15, 0.2) is 0 Å². The molecule has 0 fully saturated rings. The Morgan fingerprint density at radius 3 is 2.50 bits per heavy atom. The van der Waals surface area contributed by atoms with Crippen LogP contribution in [0.15, 0.2) is 0 Å². The van der Waals surface area contributed by atoms with Crippen molar-refractivity contribution in [2.45, 2.75) is 25.8 Å². The van der Waals surface area contributed by atoms with Crippen LogP contribution in [0, 0.1) is 0 Å². The fourth-order valence-electron chi connectivity index (χ4n) is 0.448. The largest absolute Gasteiger partial charge is 0.469 e. The maximum atomic E-state index is 10.4. The Labute approximate surface area is 67.3 Å². The molecule has 0 aromatic rings. The van der Waals surface area contributed by atoms with E-state index in [9.17, 15) is 4.79 Å². The molecule has 0 amide bonds. The summed E-state index contributed by atoms with van der Waals surface area (Å²) in [5.41, 5.74) is 5.39. The second-order valence-electron chi connectivity index (χ2n) is 2.09. The van der Waals surface area contributed by atoms with Gasteiger partial charge >= 0.3 is 5.97 Å². The summed E-state index contributed by atoms with van der Waals surface area (Å²) in [6.45, 7) is 1.86. The standard InChI is InChI=1S/C6H13NO2.ClH/c1-5(7)3-4-6(8)9-2;/h5H,3-4,7H2,1-2H3;1H/t5-;/m0./s1. The quantitative estimate of drug-likeness (QED) is 0.630. The lowest BCUT2D eigenvalue weighted by Gasteiger charge is -2.01. The topological polar surface area (TPSA) is 52.3 Å². The normalized spacial score (nSPS) is 11.5. The van der Waals surface area contributed by atoms with Gasteiger partial charge < -0.3 is 10.5 Å². The van der Waals surface area contributed by atoms with E-state index in [1.165, 1.54) is 7.11 Å². The Morgan fingerprint density at radius 2 is 2.20 bits per heavy atom. The molecule has 0 aromatic heterocycles. The van der Waals surface area contributed by atoms with Crippen molar-refractivity contribution in [1.29, 1.82) is 0 Å². The Morgan fingerprint density at radius 1 is 1.70 bits per heavy atom. The van der Waals surface area contributed by atoms with Crippen LogP contribution in [-0.4, -0.2) is 19.1 Å². The van der Waals surface area contributed by atoms with Gasteiger partial charge in [-0.1, -0.05) is 0 Å². The first-order valence-electron chi connectivity index (χ1n) is 2.99. The highest BCUT2D eigenvalue weighted by Crippen LogP contribution is 1.93. The van der Waals surface area contributed by atoms with Crippen molar-refractivity contribution in [2.75, 3.05) is 7.11 Å². The van der Waals surface area contributed by atoms with Crippen LogP contribution < -0.4 is 5.73 Å². The van der Waals surface area contributed by atoms with Crippen molar-refractivity contribution in [3.05, 3.63) is 0 Å². The van der Waals surface area contributed by atoms with Crippen molar-refractivity contribution < 1.29 is 9.53 Å². The van der Waals surface area contributed by atoms with Gasteiger partial charge in [-0.3, -0.25) is 4.79 Å². The maximum Gasteiger partial charge on any atom is 0.305 e. The van der Waals surface area contributed by atoms with Crippen LogP contribution in [0.3, 0.4) is 0 Å². The molecule has 62 valence electrons. The zero-order chi connectivity index (χ0) is 7.28. The summed E-state index contributed by atoms with van der Waals surface area (Å²) >= 11 is 0. The second kappa shape index (κ2) is 6.83. The summed E-state index contributed by atoms with van der Waals surface area (Å²) < 4.78 is 4.41. The van der Waals surface area contributed by atoms with Crippen molar-refractivity contribution in [3.8, 4) is 0 Å². The summed E-state index contributed by atoms with van der Waals surface area (Å²) in [4.78, 5) is 10.4. The van der Waals surface area contributed by atoms with Crippen molar-refractivity contribution in [2.24, 2.45) is 5.73 Å². The molecule has 0 aliphatic carbocycles. The number of ether oxygens (including phenoxy) is 1. The molecule has 0 saturated heterocycles. The number of rotatable bonds is 3. The van der Waals surface area contributed by atoms with E-state index in [1.807, 2.05) is 6.92 Å². The predicted molar refractivity (Wildman–Crippen MR) is 42.1 cm³/mol. The highest BCUT2D eigenvalue weighted by Gasteiger charge is 2.00. The Hall–Kier alpha value is -0.280. The molecular formula is C6H14ClNO2. The van der Waals surface area contributed by atoms with E-state index < -0.39 is 0 Å². The lowest BCUT2D eigenvalue weighted by molar-refractivity contribution is -0.140. The minimum absolute atomic E-state index is 0. The average molecular weight is 168 g/mol. The molecule has 4 heteroatoms. The van der Waals surface area contributed by atoms with Crippen LogP contribution in [0.2, 0.25) is 0 Å². The number of hydrogen-bond acceptors (Lipinski definition) is 3. The van der Waals surface area contributed by atoms with Crippen molar-refractivity contribution in [1.82, 2.24) is 0 Å². The summed E-state index contributed by atoms with van der Waals surface area (Å²) in [7, 11) is 1.38. The van der Waals surface area contributed by atoms with E-state index in [4.69, 9.17) is 5.73 Å². The van der Waals surface area contributed by atoms with Gasteiger partial charge in [-0.2, -0.15) is 0 Å². The number of hydrogen-bond donors (Lipinski definition) is 1. The summed E-state index contributed by atoms with van der Waals surface area (Å²) in [5, 5.41) is 0. The van der Waals surface area contributed by atoms with E-state index in [0.717, 1.165) is 0 Å². The van der Waals surface area contributed by atoms with Gasteiger partial charge in [-0.25, -0.2) is 0 Å². The van der Waals surface area contributed by atoms with Gasteiger partial charge in [0.25, 0.3) is 0 Å². The molecule has 1 atom stereocenters. The van der Waals surface area contributed by atoms with Crippen LogP contribution in [-0.2, 0) is 9.53 Å². The van der Waals surface area contributed by atoms with Crippen LogP contribution in [0.1, 0.15) is 19.8 Å². The Kier molecular flexibility index (Phi) is 8.48. The zero-order valence-corrected chi connectivity index (χ0v) is 7.11. The third kappa shape index (κ3) is 7.72. The van der Waals surface area contributed by atoms with Gasteiger partial charge in [0, 0.05) is 12.5 Å². The third-order valence-electron chi connectivity index (χ3n) is 1.03. The number of methoxy groups -OCH3 is 1. The van der Waals surface area contributed by atoms with Crippen LogP contribution in [0.4, 0.5) is 0 Å². The second-order valence-corrected chi connectivity index (χ2v) is 2.09. The molecule has 10 heavy (non-hydrogen) atoms. The molecule has 0 radical (unpaired) electrons. The summed E-state index contributed by atoms with van der Waals surface area (Å²) in [6, 6.07) is 0.0871. The van der Waals surface area contributed by atoms with Gasteiger partial charge in [0.2, 0.25) is 0 Å². The zero-order valence-electron chi connectivity index (χ0n) is 6.29. The molecule has 0 aliphatic heterocycles. The molecule has 0 rings (SSSR count). The molecule has 0 heterocycles. The summed E-state index contributed by atoms with van der Waals surface area (Å²) in [5.74, 6) is -0.188. The monoisotopic (exact) mass is 167 g/mol. The first-order valence-corrected chi connectivity index (χ1v) is 2.99. The molecular weight excluding hydrogens is 154 g/mol. The van der Waals surface area contributed by atoms with Gasteiger partial charge in [-0.05, 0) is 13.3 Å². The molecule has 0 aromatic carbocycles. The number of halogens is 1. The van der Waals surface area contributed by atoms with Gasteiger partial charge in [0.1, 0.15) is 0 Å².